The SMILES string of the molecule is CN(C)C[C@]1(O)CCCN(C(=O)c2ccc3c(c2)OCCO3)CC1. The van der Waals surface area contributed by atoms with Crippen molar-refractivity contribution >= 4 is 5.91 Å². The van der Waals surface area contributed by atoms with Crippen LogP contribution in [0.25, 0.3) is 0 Å². The highest BCUT2D eigenvalue weighted by molar-refractivity contribution is 5.95. The molecule has 24 heavy (non-hydrogen) atoms. The van der Waals surface area contributed by atoms with Crippen molar-refractivity contribution in [1.82, 2.24) is 9.80 Å². The van der Waals surface area contributed by atoms with Gasteiger partial charge in [-0.25, -0.2) is 0 Å². The fourth-order valence-electron chi connectivity index (χ4n) is 3.49. The summed E-state index contributed by atoms with van der Waals surface area (Å²) in [5.41, 5.74) is -0.108. The molecule has 1 N–H and O–H groups in total. The van der Waals surface area contributed by atoms with Gasteiger partial charge in [0.1, 0.15) is 13.2 Å². The number of nitrogens with zero attached hydrogens (tertiary/aromatic N) is 2. The van der Waals surface area contributed by atoms with E-state index in [0.717, 1.165) is 12.8 Å². The molecule has 2 aliphatic heterocycles. The molecule has 0 radical (unpaired) electrons. The number of likely N-dealkylation sites (N-methyl/N-ethyl adjacent to an activating group) is 1. The van der Waals surface area contributed by atoms with Crippen LogP contribution in [-0.4, -0.2) is 73.4 Å². The fourth-order valence-corrected chi connectivity index (χ4v) is 3.49. The zero-order chi connectivity index (χ0) is 17.2. The van der Waals surface area contributed by atoms with E-state index in [0.29, 0.717) is 56.3 Å². The number of ether oxygens (including phenoxy) is 2. The summed E-state index contributed by atoms with van der Waals surface area (Å²) in [6.07, 6.45) is 2.12. The van der Waals surface area contributed by atoms with Gasteiger partial charge in [-0.2, -0.15) is 0 Å². The molecule has 0 unspecified atom stereocenters. The Labute approximate surface area is 143 Å². The van der Waals surface area contributed by atoms with Crippen LogP contribution in [0.3, 0.4) is 0 Å². The summed E-state index contributed by atoms with van der Waals surface area (Å²) >= 11 is 0. The first-order chi connectivity index (χ1) is 11.5. The van der Waals surface area contributed by atoms with Gasteiger partial charge in [0.25, 0.3) is 5.91 Å². The summed E-state index contributed by atoms with van der Waals surface area (Å²) in [5.74, 6) is 1.31. The van der Waals surface area contributed by atoms with Crippen LogP contribution in [0.4, 0.5) is 0 Å². The molecule has 2 heterocycles. The normalized spacial score (nSPS) is 23.9. The van der Waals surface area contributed by atoms with Gasteiger partial charge in [0.2, 0.25) is 0 Å². The highest BCUT2D eigenvalue weighted by Crippen LogP contribution is 2.31. The number of amides is 1. The van der Waals surface area contributed by atoms with Crippen LogP contribution in [0.15, 0.2) is 18.2 Å². The Hall–Kier alpha value is -1.79. The maximum absolute atomic E-state index is 12.8. The van der Waals surface area contributed by atoms with E-state index in [4.69, 9.17) is 9.47 Å². The average Bonchev–Trinajstić information content (AvgIpc) is 2.75. The van der Waals surface area contributed by atoms with E-state index in [1.54, 1.807) is 18.2 Å². The second-order valence-electron chi connectivity index (χ2n) is 6.97. The van der Waals surface area contributed by atoms with Crippen LogP contribution >= 0.6 is 0 Å². The minimum atomic E-state index is -0.717. The highest BCUT2D eigenvalue weighted by Gasteiger charge is 2.32. The third-order valence-corrected chi connectivity index (χ3v) is 4.60. The molecule has 0 aliphatic carbocycles. The first-order valence-electron chi connectivity index (χ1n) is 8.53. The third-order valence-electron chi connectivity index (χ3n) is 4.60. The molecule has 1 aromatic rings. The Morgan fingerprint density at radius 2 is 1.96 bits per heavy atom. The van der Waals surface area contributed by atoms with Gasteiger partial charge in [-0.3, -0.25) is 4.79 Å². The molecule has 0 saturated carbocycles. The largest absolute Gasteiger partial charge is 0.486 e. The lowest BCUT2D eigenvalue weighted by molar-refractivity contribution is 0.00305. The fraction of sp³-hybridized carbons (Fsp3) is 0.611. The number of benzene rings is 1. The number of hydrogen-bond acceptors (Lipinski definition) is 5. The van der Waals surface area contributed by atoms with Gasteiger partial charge in [0.15, 0.2) is 11.5 Å². The molecule has 6 heteroatoms. The van der Waals surface area contributed by atoms with Crippen LogP contribution in [0, 0.1) is 0 Å². The monoisotopic (exact) mass is 334 g/mol. The van der Waals surface area contributed by atoms with Gasteiger partial charge < -0.3 is 24.4 Å². The van der Waals surface area contributed by atoms with Crippen molar-refractivity contribution in [1.29, 1.82) is 0 Å². The van der Waals surface area contributed by atoms with Crippen molar-refractivity contribution in [2.24, 2.45) is 0 Å². The minimum Gasteiger partial charge on any atom is -0.486 e. The molecule has 6 nitrogen and oxygen atoms in total. The Kier molecular flexibility index (Phi) is 4.96. The quantitative estimate of drug-likeness (QED) is 0.905. The van der Waals surface area contributed by atoms with E-state index < -0.39 is 5.60 Å². The molecule has 2 aliphatic rings. The summed E-state index contributed by atoms with van der Waals surface area (Å²) in [5, 5.41) is 10.7. The first kappa shape index (κ1) is 17.0. The van der Waals surface area contributed by atoms with E-state index in [1.807, 2.05) is 23.9 Å². The molecular formula is C18H26N2O4. The zero-order valence-corrected chi connectivity index (χ0v) is 14.5. The van der Waals surface area contributed by atoms with E-state index >= 15 is 0 Å². The van der Waals surface area contributed by atoms with Crippen molar-refractivity contribution in [3.63, 3.8) is 0 Å². The Bertz CT molecular complexity index is 605. The van der Waals surface area contributed by atoms with Gasteiger partial charge in [-0.1, -0.05) is 0 Å². The number of carbonyl (C=O) groups excluding carboxylic acids is 1. The summed E-state index contributed by atoms with van der Waals surface area (Å²) in [4.78, 5) is 16.6. The summed E-state index contributed by atoms with van der Waals surface area (Å²) in [6.45, 7) is 2.91. The highest BCUT2D eigenvalue weighted by atomic mass is 16.6. The lowest BCUT2D eigenvalue weighted by Crippen LogP contribution is -2.41. The number of hydrogen-bond donors (Lipinski definition) is 1. The van der Waals surface area contributed by atoms with Crippen LogP contribution in [0.1, 0.15) is 29.6 Å². The molecule has 0 aromatic heterocycles. The van der Waals surface area contributed by atoms with Crippen molar-refractivity contribution in [3.8, 4) is 11.5 Å². The van der Waals surface area contributed by atoms with Crippen molar-refractivity contribution in [3.05, 3.63) is 23.8 Å². The predicted octanol–water partition coefficient (Wildman–Crippen LogP) is 1.38. The van der Waals surface area contributed by atoms with E-state index in [2.05, 4.69) is 0 Å². The third kappa shape index (κ3) is 3.82. The maximum atomic E-state index is 12.8. The number of likely N-dealkylation sites (tertiary alicyclic amines) is 1. The van der Waals surface area contributed by atoms with Gasteiger partial charge >= 0.3 is 0 Å². The summed E-state index contributed by atoms with van der Waals surface area (Å²) < 4.78 is 11.1. The molecule has 1 aromatic carbocycles. The number of aliphatic hydroxyl groups is 1. The molecule has 132 valence electrons. The van der Waals surface area contributed by atoms with Crippen LogP contribution in [-0.2, 0) is 0 Å². The van der Waals surface area contributed by atoms with E-state index in [9.17, 15) is 9.90 Å². The molecule has 1 atom stereocenters. The molecule has 1 amide bonds. The van der Waals surface area contributed by atoms with Crippen molar-refractivity contribution < 1.29 is 19.4 Å². The topological polar surface area (TPSA) is 62.2 Å². The molecule has 3 rings (SSSR count). The molecular weight excluding hydrogens is 308 g/mol. The number of rotatable bonds is 3. The Morgan fingerprint density at radius 3 is 2.71 bits per heavy atom. The Balaban J connectivity index is 1.69. The average molecular weight is 334 g/mol. The minimum absolute atomic E-state index is 0.0129. The molecule has 0 spiro atoms. The lowest BCUT2D eigenvalue weighted by atomic mass is 9.94. The van der Waals surface area contributed by atoms with Gasteiger partial charge in [0, 0.05) is 25.2 Å². The first-order valence-corrected chi connectivity index (χ1v) is 8.53. The van der Waals surface area contributed by atoms with Gasteiger partial charge in [0.05, 0.1) is 5.60 Å². The number of fused-ring (bicyclic) bond motifs is 1. The van der Waals surface area contributed by atoms with Gasteiger partial charge in [-0.05, 0) is 51.6 Å². The van der Waals surface area contributed by atoms with Crippen LogP contribution in [0.5, 0.6) is 11.5 Å². The van der Waals surface area contributed by atoms with Gasteiger partial charge in [-0.15, -0.1) is 0 Å². The summed E-state index contributed by atoms with van der Waals surface area (Å²) in [6, 6.07) is 5.34. The predicted molar refractivity (Wildman–Crippen MR) is 90.7 cm³/mol. The standard InChI is InChI=1S/C18H26N2O4/c1-19(2)13-18(22)6-3-8-20(9-7-18)17(21)14-4-5-15-16(12-14)24-11-10-23-15/h4-5,12,22H,3,6-11,13H2,1-2H3/t18-/m0/s1. The van der Waals surface area contributed by atoms with Crippen LogP contribution in [0.2, 0.25) is 0 Å². The molecule has 1 fully saturated rings. The second-order valence-corrected chi connectivity index (χ2v) is 6.97. The lowest BCUT2D eigenvalue weighted by Gasteiger charge is -2.30. The smallest absolute Gasteiger partial charge is 0.253 e. The zero-order valence-electron chi connectivity index (χ0n) is 14.5. The Morgan fingerprint density at radius 1 is 1.21 bits per heavy atom. The maximum Gasteiger partial charge on any atom is 0.253 e. The van der Waals surface area contributed by atoms with E-state index in [-0.39, 0.29) is 5.91 Å². The number of carbonyl (C=O) groups is 1. The second kappa shape index (κ2) is 6.99. The van der Waals surface area contributed by atoms with Crippen molar-refractivity contribution in [2.75, 3.05) is 46.9 Å². The molecule has 1 saturated heterocycles. The molecule has 0 bridgehead atoms. The summed E-state index contributed by atoms with van der Waals surface area (Å²) in [7, 11) is 3.92. The van der Waals surface area contributed by atoms with Crippen molar-refractivity contribution in [2.45, 2.75) is 24.9 Å². The van der Waals surface area contributed by atoms with Crippen LogP contribution < -0.4 is 9.47 Å². The van der Waals surface area contributed by atoms with E-state index in [1.165, 1.54) is 0 Å².